The zero-order valence-electron chi connectivity index (χ0n) is 16.5. The first-order valence-electron chi connectivity index (χ1n) is 9.55. The predicted octanol–water partition coefficient (Wildman–Crippen LogP) is 3.59. The van der Waals surface area contributed by atoms with Gasteiger partial charge in [0.05, 0.1) is 41.7 Å². The minimum atomic E-state index is -0.509. The lowest BCUT2D eigenvalue weighted by Gasteiger charge is -2.14. The summed E-state index contributed by atoms with van der Waals surface area (Å²) < 4.78 is 22.0. The lowest BCUT2D eigenvalue weighted by atomic mass is 10.1. The maximum Gasteiger partial charge on any atom is 0.223 e. The van der Waals surface area contributed by atoms with E-state index in [4.69, 9.17) is 16.3 Å². The average Bonchev–Trinajstić information content (AvgIpc) is 3.23. The van der Waals surface area contributed by atoms with Crippen LogP contribution in [0.1, 0.15) is 25.7 Å². The van der Waals surface area contributed by atoms with Crippen LogP contribution in [-0.2, 0) is 4.74 Å². The number of imidazole rings is 1. The molecule has 2 N–H and O–H groups in total. The van der Waals surface area contributed by atoms with Gasteiger partial charge in [0, 0.05) is 24.1 Å². The number of benzene rings is 1. The third-order valence-electron chi connectivity index (χ3n) is 5.15. The fraction of sp³-hybridized carbons (Fsp3) is 0.450. The zero-order valence-corrected chi connectivity index (χ0v) is 17.2. The minimum absolute atomic E-state index is 0.0325. The van der Waals surface area contributed by atoms with E-state index in [1.54, 1.807) is 0 Å². The van der Waals surface area contributed by atoms with Crippen LogP contribution < -0.4 is 5.32 Å². The number of hydrogen-bond donors (Lipinski definition) is 2. The molecule has 29 heavy (non-hydrogen) atoms. The molecule has 0 aliphatic carbocycles. The van der Waals surface area contributed by atoms with Gasteiger partial charge in [-0.3, -0.25) is 0 Å². The van der Waals surface area contributed by atoms with Crippen LogP contribution >= 0.6 is 11.6 Å². The molecular weight excluding hydrogens is 397 g/mol. The maximum absolute atomic E-state index is 14.8. The largest absolute Gasteiger partial charge is 0.390 e. The van der Waals surface area contributed by atoms with E-state index in [1.165, 1.54) is 12.3 Å². The van der Waals surface area contributed by atoms with Crippen molar-refractivity contribution in [3.05, 3.63) is 35.0 Å². The van der Waals surface area contributed by atoms with Gasteiger partial charge in [-0.05, 0) is 32.9 Å². The van der Waals surface area contributed by atoms with Crippen molar-refractivity contribution < 1.29 is 14.2 Å². The number of ether oxygens (including phenoxy) is 1. The topological polar surface area (TPSA) is 85.1 Å². The molecule has 0 spiro atoms. The van der Waals surface area contributed by atoms with Crippen LogP contribution in [0.5, 0.6) is 0 Å². The van der Waals surface area contributed by atoms with Gasteiger partial charge >= 0.3 is 0 Å². The van der Waals surface area contributed by atoms with Gasteiger partial charge in [-0.2, -0.15) is 0 Å². The SMILES string of the molecule is Cc1nc2c(F)cc(-c3nc(NC[C@@H]4COC[C@H]4O)ncc3Cl)cc2n1C(C)C. The Morgan fingerprint density at radius 3 is 2.83 bits per heavy atom. The number of anilines is 1. The van der Waals surface area contributed by atoms with Crippen LogP contribution in [0.25, 0.3) is 22.3 Å². The van der Waals surface area contributed by atoms with Gasteiger partial charge in [-0.1, -0.05) is 11.6 Å². The third kappa shape index (κ3) is 3.80. The number of aryl methyl sites for hydroxylation is 1. The Hall–Kier alpha value is -2.29. The standard InChI is InChI=1S/C20H23ClFN5O2/c1-10(2)27-11(3)25-19-15(22)4-12(5-16(19)27)18-14(21)7-24-20(26-18)23-6-13-8-29-9-17(13)28/h4-5,7,10,13,17,28H,6,8-9H2,1-3H3,(H,23,24,26)/t13-,17-/m1/s1. The molecule has 1 aliphatic rings. The molecule has 3 heterocycles. The Morgan fingerprint density at radius 1 is 1.34 bits per heavy atom. The highest BCUT2D eigenvalue weighted by Crippen LogP contribution is 2.32. The molecule has 7 nitrogen and oxygen atoms in total. The van der Waals surface area contributed by atoms with Gasteiger partial charge in [-0.25, -0.2) is 19.3 Å². The van der Waals surface area contributed by atoms with E-state index in [9.17, 15) is 9.50 Å². The summed E-state index contributed by atoms with van der Waals surface area (Å²) in [7, 11) is 0. The van der Waals surface area contributed by atoms with Crippen LogP contribution in [0.2, 0.25) is 5.02 Å². The second kappa shape index (κ2) is 7.85. The molecule has 0 amide bonds. The first-order valence-corrected chi connectivity index (χ1v) is 9.93. The van der Waals surface area contributed by atoms with Crippen LogP contribution in [0.4, 0.5) is 10.3 Å². The van der Waals surface area contributed by atoms with Gasteiger partial charge < -0.3 is 19.7 Å². The Labute approximate surface area is 172 Å². The van der Waals surface area contributed by atoms with E-state index in [0.717, 1.165) is 5.82 Å². The summed E-state index contributed by atoms with van der Waals surface area (Å²) in [4.78, 5) is 13.0. The second-order valence-electron chi connectivity index (χ2n) is 7.58. The molecular formula is C20H23ClFN5O2. The number of fused-ring (bicyclic) bond motifs is 1. The molecule has 4 rings (SSSR count). The van der Waals surface area contributed by atoms with Crippen molar-refractivity contribution in [1.29, 1.82) is 0 Å². The first kappa shape index (κ1) is 20.0. The number of rotatable bonds is 5. The van der Waals surface area contributed by atoms with Gasteiger partial charge in [0.25, 0.3) is 0 Å². The Bertz CT molecular complexity index is 1060. The van der Waals surface area contributed by atoms with Crippen molar-refractivity contribution in [2.75, 3.05) is 25.1 Å². The molecule has 0 bridgehead atoms. The van der Waals surface area contributed by atoms with E-state index in [0.29, 0.717) is 53.0 Å². The summed E-state index contributed by atoms with van der Waals surface area (Å²) in [5, 5.41) is 13.3. The lowest BCUT2D eigenvalue weighted by molar-refractivity contribution is 0.120. The number of nitrogens with one attached hydrogen (secondary N) is 1. The highest BCUT2D eigenvalue weighted by molar-refractivity contribution is 6.33. The normalized spacial score (nSPS) is 19.4. The number of aromatic nitrogens is 4. The smallest absolute Gasteiger partial charge is 0.223 e. The second-order valence-corrected chi connectivity index (χ2v) is 7.99. The van der Waals surface area contributed by atoms with Crippen LogP contribution in [-0.4, -0.2) is 50.5 Å². The lowest BCUT2D eigenvalue weighted by Crippen LogP contribution is -2.26. The van der Waals surface area contributed by atoms with E-state index >= 15 is 0 Å². The van der Waals surface area contributed by atoms with Crippen molar-refractivity contribution >= 4 is 28.6 Å². The number of halogens is 2. The van der Waals surface area contributed by atoms with Crippen LogP contribution in [0, 0.1) is 18.7 Å². The maximum atomic E-state index is 14.8. The quantitative estimate of drug-likeness (QED) is 0.657. The zero-order chi connectivity index (χ0) is 20.7. The molecule has 1 aromatic carbocycles. The summed E-state index contributed by atoms with van der Waals surface area (Å²) in [5.74, 6) is 0.655. The molecule has 0 saturated carbocycles. The van der Waals surface area contributed by atoms with Crippen molar-refractivity contribution in [3.8, 4) is 11.3 Å². The molecule has 0 unspecified atom stereocenters. The van der Waals surface area contributed by atoms with E-state index in [1.807, 2.05) is 31.4 Å². The average molecular weight is 420 g/mol. The summed E-state index contributed by atoms with van der Waals surface area (Å²) in [6, 6.07) is 3.38. The minimum Gasteiger partial charge on any atom is -0.390 e. The number of aliphatic hydroxyl groups is 1. The molecule has 1 aliphatic heterocycles. The fourth-order valence-corrected chi connectivity index (χ4v) is 3.92. The summed E-state index contributed by atoms with van der Waals surface area (Å²) in [6.45, 7) is 7.20. The van der Waals surface area contributed by atoms with Crippen molar-refractivity contribution in [1.82, 2.24) is 19.5 Å². The fourth-order valence-electron chi connectivity index (χ4n) is 3.72. The summed E-state index contributed by atoms with van der Waals surface area (Å²) >= 11 is 6.33. The van der Waals surface area contributed by atoms with Crippen LogP contribution in [0.3, 0.4) is 0 Å². The van der Waals surface area contributed by atoms with Crippen molar-refractivity contribution in [2.45, 2.75) is 32.9 Å². The molecule has 0 radical (unpaired) electrons. The summed E-state index contributed by atoms with van der Waals surface area (Å²) in [6.07, 6.45) is 0.978. The number of nitrogens with zero attached hydrogens (tertiary/aromatic N) is 4. The van der Waals surface area contributed by atoms with Gasteiger partial charge in [0.15, 0.2) is 5.82 Å². The van der Waals surface area contributed by atoms with Gasteiger partial charge in [-0.15, -0.1) is 0 Å². The van der Waals surface area contributed by atoms with E-state index in [2.05, 4.69) is 20.3 Å². The molecule has 154 valence electrons. The van der Waals surface area contributed by atoms with E-state index < -0.39 is 11.9 Å². The Morgan fingerprint density at radius 2 is 2.14 bits per heavy atom. The molecule has 2 aromatic heterocycles. The highest BCUT2D eigenvalue weighted by atomic mass is 35.5. The van der Waals surface area contributed by atoms with Gasteiger partial charge in [0.2, 0.25) is 5.95 Å². The van der Waals surface area contributed by atoms with Crippen molar-refractivity contribution in [2.24, 2.45) is 5.92 Å². The Balaban J connectivity index is 1.70. The third-order valence-corrected chi connectivity index (χ3v) is 5.42. The predicted molar refractivity (Wildman–Crippen MR) is 110 cm³/mol. The molecule has 1 saturated heterocycles. The molecule has 1 fully saturated rings. The number of aliphatic hydroxyl groups excluding tert-OH is 1. The molecule has 9 heteroatoms. The Kier molecular flexibility index (Phi) is 5.42. The van der Waals surface area contributed by atoms with Crippen LogP contribution in [0.15, 0.2) is 18.3 Å². The monoisotopic (exact) mass is 419 g/mol. The van der Waals surface area contributed by atoms with E-state index in [-0.39, 0.29) is 12.0 Å². The first-order chi connectivity index (χ1) is 13.8. The van der Waals surface area contributed by atoms with Crippen molar-refractivity contribution in [3.63, 3.8) is 0 Å². The number of hydrogen-bond acceptors (Lipinski definition) is 6. The highest BCUT2D eigenvalue weighted by Gasteiger charge is 2.26. The molecule has 3 aromatic rings. The summed E-state index contributed by atoms with van der Waals surface area (Å²) in [5.41, 5.74) is 2.01. The van der Waals surface area contributed by atoms with Gasteiger partial charge in [0.1, 0.15) is 11.3 Å². The molecule has 2 atom stereocenters.